The summed E-state index contributed by atoms with van der Waals surface area (Å²) in [6, 6.07) is 9.55. The summed E-state index contributed by atoms with van der Waals surface area (Å²) in [6.45, 7) is 1.47. The number of hydrogen-bond acceptors (Lipinski definition) is 3. The Morgan fingerprint density at radius 3 is 2.48 bits per heavy atom. The van der Waals surface area contributed by atoms with Crippen molar-refractivity contribution >= 4 is 47.4 Å². The van der Waals surface area contributed by atoms with Crippen LogP contribution in [0.5, 0.6) is 0 Å². The quantitative estimate of drug-likeness (QED) is 0.178. The third-order valence-corrected chi connectivity index (χ3v) is 3.76. The van der Waals surface area contributed by atoms with E-state index >= 15 is 0 Å². The molecule has 0 saturated heterocycles. The van der Waals surface area contributed by atoms with Gasteiger partial charge in [-0.15, -0.1) is 24.0 Å². The van der Waals surface area contributed by atoms with Crippen LogP contribution < -0.4 is 16.0 Å². The van der Waals surface area contributed by atoms with E-state index in [0.717, 1.165) is 12.0 Å². The van der Waals surface area contributed by atoms with E-state index in [1.165, 1.54) is 12.1 Å². The van der Waals surface area contributed by atoms with Crippen LogP contribution in [0.2, 0.25) is 5.15 Å². The fourth-order valence-electron chi connectivity index (χ4n) is 2.20. The largest absolute Gasteiger partial charge is 0.356 e. The zero-order valence-electron chi connectivity index (χ0n) is 14.8. The van der Waals surface area contributed by atoms with Gasteiger partial charge in [0.2, 0.25) is 0 Å². The first-order chi connectivity index (χ1) is 12.6. The number of aromatic nitrogens is 1. The predicted octanol–water partition coefficient (Wildman–Crippen LogP) is 2.63. The van der Waals surface area contributed by atoms with E-state index in [4.69, 9.17) is 11.6 Å². The van der Waals surface area contributed by atoms with Gasteiger partial charge in [-0.2, -0.15) is 0 Å². The zero-order chi connectivity index (χ0) is 18.8. The maximum absolute atomic E-state index is 13.5. The zero-order valence-corrected chi connectivity index (χ0v) is 17.9. The minimum Gasteiger partial charge on any atom is -0.356 e. The Bertz CT molecular complexity index is 758. The lowest BCUT2D eigenvalue weighted by Gasteiger charge is -2.12. The molecule has 0 fully saturated rings. The molecule has 1 aromatic heterocycles. The summed E-state index contributed by atoms with van der Waals surface area (Å²) in [6.07, 6.45) is 2.51. The van der Waals surface area contributed by atoms with Gasteiger partial charge in [0.25, 0.3) is 5.91 Å². The topological polar surface area (TPSA) is 78.4 Å². The summed E-state index contributed by atoms with van der Waals surface area (Å²) in [5, 5.41) is 9.38. The molecule has 1 amide bonds. The summed E-state index contributed by atoms with van der Waals surface area (Å²) >= 11 is 5.75. The summed E-state index contributed by atoms with van der Waals surface area (Å²) in [7, 11) is 1.66. The van der Waals surface area contributed by atoms with Gasteiger partial charge in [-0.05, 0) is 30.2 Å². The first kappa shape index (κ1) is 23.1. The fourth-order valence-corrected chi connectivity index (χ4v) is 2.31. The maximum Gasteiger partial charge on any atom is 0.254 e. The first-order valence-corrected chi connectivity index (χ1v) is 8.55. The van der Waals surface area contributed by atoms with Crippen molar-refractivity contribution in [1.82, 2.24) is 20.9 Å². The Balaban J connectivity index is 0.00000364. The highest BCUT2D eigenvalue weighted by atomic mass is 127. The molecule has 3 N–H and O–H groups in total. The van der Waals surface area contributed by atoms with Gasteiger partial charge in [-0.25, -0.2) is 9.37 Å². The Kier molecular flexibility index (Phi) is 10.6. The maximum atomic E-state index is 13.5. The molecule has 6 nitrogen and oxygen atoms in total. The molecule has 9 heteroatoms. The van der Waals surface area contributed by atoms with Crippen LogP contribution >= 0.6 is 35.6 Å². The third-order valence-electron chi connectivity index (χ3n) is 3.54. The van der Waals surface area contributed by atoms with Crippen LogP contribution in [0.4, 0.5) is 4.39 Å². The normalized spacial score (nSPS) is 10.7. The second kappa shape index (κ2) is 12.4. The number of carbonyl (C=O) groups is 1. The molecule has 0 spiro atoms. The molecular formula is C18H22ClFIN5O. The average Bonchev–Trinajstić information content (AvgIpc) is 2.65. The van der Waals surface area contributed by atoms with E-state index in [2.05, 4.69) is 25.9 Å². The van der Waals surface area contributed by atoms with Crippen molar-refractivity contribution in [1.29, 1.82) is 0 Å². The number of amides is 1. The van der Waals surface area contributed by atoms with Gasteiger partial charge in [-0.3, -0.25) is 9.79 Å². The van der Waals surface area contributed by atoms with Gasteiger partial charge in [-0.1, -0.05) is 29.8 Å². The summed E-state index contributed by atoms with van der Waals surface area (Å²) in [5.74, 6) is -0.359. The first-order valence-electron chi connectivity index (χ1n) is 8.18. The number of carbonyl (C=O) groups excluding carboxylic acids is 1. The molecular weight excluding hydrogens is 484 g/mol. The van der Waals surface area contributed by atoms with Gasteiger partial charge < -0.3 is 16.0 Å². The summed E-state index contributed by atoms with van der Waals surface area (Å²) < 4.78 is 13.5. The molecule has 146 valence electrons. The lowest BCUT2D eigenvalue weighted by atomic mass is 10.2. The number of guanidine groups is 1. The molecule has 0 unspecified atom stereocenters. The second-order valence-corrected chi connectivity index (χ2v) is 5.79. The number of halogens is 3. The van der Waals surface area contributed by atoms with Crippen LogP contribution in [0.25, 0.3) is 0 Å². The monoisotopic (exact) mass is 505 g/mol. The Hall–Kier alpha value is -1.94. The molecule has 1 heterocycles. The van der Waals surface area contributed by atoms with Crippen molar-refractivity contribution in [3.8, 4) is 0 Å². The highest BCUT2D eigenvalue weighted by Gasteiger charge is 2.09. The number of aliphatic imine (C=N–C) groups is 1. The summed E-state index contributed by atoms with van der Waals surface area (Å²) in [5.41, 5.74) is 1.10. The van der Waals surface area contributed by atoms with Crippen molar-refractivity contribution in [3.05, 3.63) is 64.7 Å². The molecule has 0 aliphatic rings. The molecule has 0 atom stereocenters. The van der Waals surface area contributed by atoms with Crippen LogP contribution in [0.3, 0.4) is 0 Å². The van der Waals surface area contributed by atoms with E-state index in [9.17, 15) is 9.18 Å². The van der Waals surface area contributed by atoms with Crippen molar-refractivity contribution in [3.63, 3.8) is 0 Å². The molecule has 2 rings (SSSR count). The predicted molar refractivity (Wildman–Crippen MR) is 116 cm³/mol. The highest BCUT2D eigenvalue weighted by Crippen LogP contribution is 2.06. The van der Waals surface area contributed by atoms with Crippen LogP contribution in [0, 0.1) is 5.82 Å². The molecule has 0 aliphatic heterocycles. The smallest absolute Gasteiger partial charge is 0.254 e. The minimum atomic E-state index is -0.535. The minimum absolute atomic E-state index is 0. The SMILES string of the molecule is CN=C(NCCNC(=O)c1ccccc1F)NCCc1ccc(Cl)nc1.I. The van der Waals surface area contributed by atoms with E-state index < -0.39 is 11.7 Å². The average molecular weight is 506 g/mol. The van der Waals surface area contributed by atoms with Crippen molar-refractivity contribution in [2.24, 2.45) is 4.99 Å². The summed E-state index contributed by atoms with van der Waals surface area (Å²) in [4.78, 5) is 20.0. The third kappa shape index (κ3) is 8.08. The van der Waals surface area contributed by atoms with Crippen molar-refractivity contribution in [2.75, 3.05) is 26.7 Å². The molecule has 0 saturated carbocycles. The van der Waals surface area contributed by atoms with E-state index in [1.807, 2.05) is 6.07 Å². The van der Waals surface area contributed by atoms with Gasteiger partial charge in [0, 0.05) is 32.9 Å². The van der Waals surface area contributed by atoms with Crippen molar-refractivity contribution < 1.29 is 9.18 Å². The van der Waals surface area contributed by atoms with E-state index in [-0.39, 0.29) is 29.5 Å². The fraction of sp³-hybridized carbons (Fsp3) is 0.278. The van der Waals surface area contributed by atoms with E-state index in [1.54, 1.807) is 31.4 Å². The number of nitrogens with one attached hydrogen (secondary N) is 3. The lowest BCUT2D eigenvalue weighted by molar-refractivity contribution is 0.0950. The molecule has 0 aliphatic carbocycles. The van der Waals surface area contributed by atoms with Crippen LogP contribution in [0.1, 0.15) is 15.9 Å². The van der Waals surface area contributed by atoms with Gasteiger partial charge >= 0.3 is 0 Å². The second-order valence-electron chi connectivity index (χ2n) is 5.40. The standard InChI is InChI=1S/C18H21ClFN5O.HI/c1-21-18(23-9-8-13-6-7-16(19)25-12-13)24-11-10-22-17(26)14-4-2-3-5-15(14)20;/h2-7,12H,8-11H2,1H3,(H,22,26)(H2,21,23,24);1H. The Morgan fingerprint density at radius 2 is 1.81 bits per heavy atom. The number of benzene rings is 1. The van der Waals surface area contributed by atoms with Crippen molar-refractivity contribution in [2.45, 2.75) is 6.42 Å². The van der Waals surface area contributed by atoms with Crippen LogP contribution in [-0.2, 0) is 6.42 Å². The van der Waals surface area contributed by atoms with Crippen LogP contribution in [0.15, 0.2) is 47.6 Å². The van der Waals surface area contributed by atoms with E-state index in [0.29, 0.717) is 30.7 Å². The van der Waals surface area contributed by atoms with Gasteiger partial charge in [0.05, 0.1) is 5.56 Å². The molecule has 27 heavy (non-hydrogen) atoms. The molecule has 0 bridgehead atoms. The number of pyridine rings is 1. The molecule has 1 aromatic carbocycles. The molecule has 0 radical (unpaired) electrons. The molecule has 2 aromatic rings. The highest BCUT2D eigenvalue weighted by molar-refractivity contribution is 14.0. The number of hydrogen-bond donors (Lipinski definition) is 3. The number of rotatable bonds is 7. The van der Waals surface area contributed by atoms with Gasteiger partial charge in [0.15, 0.2) is 5.96 Å². The Labute approximate surface area is 180 Å². The lowest BCUT2D eigenvalue weighted by Crippen LogP contribution is -2.42. The Morgan fingerprint density at radius 1 is 1.11 bits per heavy atom. The van der Waals surface area contributed by atoms with Crippen LogP contribution in [-0.4, -0.2) is 43.5 Å². The van der Waals surface area contributed by atoms with Gasteiger partial charge in [0.1, 0.15) is 11.0 Å². The number of nitrogens with zero attached hydrogens (tertiary/aromatic N) is 2.